The Morgan fingerprint density at radius 3 is 2.38 bits per heavy atom. The molecule has 0 radical (unpaired) electrons. The van der Waals surface area contributed by atoms with Crippen LogP contribution >= 0.6 is 0 Å². The Labute approximate surface area is 153 Å². The van der Waals surface area contributed by atoms with Gasteiger partial charge in [-0.3, -0.25) is 4.79 Å². The third-order valence-electron chi connectivity index (χ3n) is 4.27. The van der Waals surface area contributed by atoms with Gasteiger partial charge in [0.25, 0.3) is 5.56 Å². The normalized spacial score (nSPS) is 11.8. The number of aromatic amines is 1. The minimum Gasteiger partial charge on any atom is -0.322 e. The number of aromatic nitrogens is 1. The Balaban J connectivity index is 1.66. The molecule has 0 aliphatic rings. The molecule has 0 aliphatic carbocycles. The average Bonchev–Trinajstić information content (AvgIpc) is 2.57. The van der Waals surface area contributed by atoms with E-state index in [1.165, 1.54) is 0 Å². The van der Waals surface area contributed by atoms with Crippen molar-refractivity contribution in [1.29, 1.82) is 0 Å². The maximum Gasteiger partial charge on any atom is 0.251 e. The lowest BCUT2D eigenvalue weighted by Gasteiger charge is -2.08. The Morgan fingerprint density at radius 2 is 1.65 bits per heavy atom. The minimum absolute atomic E-state index is 0.0688. The largest absolute Gasteiger partial charge is 0.322 e. The van der Waals surface area contributed by atoms with Crippen molar-refractivity contribution in [3.05, 3.63) is 81.1 Å². The zero-order chi connectivity index (χ0) is 18.7. The standard InChI is InChI=1S/C20H22N2O3S/c1-14-3-6-16(7-4-14)13-26(24,25)21-10-9-18-12-17-8-5-15(2)11-19(17)22-20(18)23/h3-8,11-12,21H,9-10,13H2,1-2H3,(H,22,23). The number of H-pyrrole nitrogens is 1. The van der Waals surface area contributed by atoms with Gasteiger partial charge in [0.05, 0.1) is 5.75 Å². The number of nitrogens with one attached hydrogen (secondary N) is 2. The fraction of sp³-hybridized carbons (Fsp3) is 0.250. The van der Waals surface area contributed by atoms with E-state index in [-0.39, 0.29) is 17.9 Å². The predicted octanol–water partition coefficient (Wildman–Crippen LogP) is 2.81. The predicted molar refractivity (Wildman–Crippen MR) is 105 cm³/mol. The summed E-state index contributed by atoms with van der Waals surface area (Å²) in [6.45, 7) is 4.11. The molecule has 2 aromatic carbocycles. The second-order valence-corrected chi connectivity index (χ2v) is 8.41. The van der Waals surface area contributed by atoms with E-state index in [0.29, 0.717) is 12.0 Å². The van der Waals surface area contributed by atoms with Gasteiger partial charge in [0.15, 0.2) is 0 Å². The summed E-state index contributed by atoms with van der Waals surface area (Å²) in [4.78, 5) is 15.0. The van der Waals surface area contributed by atoms with Gasteiger partial charge in [-0.25, -0.2) is 13.1 Å². The summed E-state index contributed by atoms with van der Waals surface area (Å²) < 4.78 is 27.0. The van der Waals surface area contributed by atoms with Crippen LogP contribution in [0.3, 0.4) is 0 Å². The van der Waals surface area contributed by atoms with Gasteiger partial charge in [-0.15, -0.1) is 0 Å². The Hall–Kier alpha value is -2.44. The first kappa shape index (κ1) is 18.4. The van der Waals surface area contributed by atoms with Crippen molar-refractivity contribution in [2.24, 2.45) is 0 Å². The molecule has 1 heterocycles. The first-order valence-electron chi connectivity index (χ1n) is 8.48. The quantitative estimate of drug-likeness (QED) is 0.700. The van der Waals surface area contributed by atoms with E-state index in [1.807, 2.05) is 62.4 Å². The van der Waals surface area contributed by atoms with Crippen LogP contribution in [0.4, 0.5) is 0 Å². The second kappa shape index (κ2) is 7.43. The van der Waals surface area contributed by atoms with Crippen molar-refractivity contribution in [2.45, 2.75) is 26.0 Å². The van der Waals surface area contributed by atoms with Crippen LogP contribution in [-0.2, 0) is 22.2 Å². The summed E-state index contributed by atoms with van der Waals surface area (Å²) >= 11 is 0. The van der Waals surface area contributed by atoms with Crippen molar-refractivity contribution in [3.63, 3.8) is 0 Å². The zero-order valence-electron chi connectivity index (χ0n) is 14.9. The maximum absolute atomic E-state index is 12.2. The highest BCUT2D eigenvalue weighted by molar-refractivity contribution is 7.88. The fourth-order valence-corrected chi connectivity index (χ4v) is 3.99. The number of fused-ring (bicyclic) bond motifs is 1. The molecule has 0 unspecified atom stereocenters. The highest BCUT2D eigenvalue weighted by Crippen LogP contribution is 2.13. The molecule has 6 heteroatoms. The fourth-order valence-electron chi connectivity index (χ4n) is 2.84. The molecule has 0 fully saturated rings. The maximum atomic E-state index is 12.2. The molecule has 0 aliphatic heterocycles. The van der Waals surface area contributed by atoms with Gasteiger partial charge in [0.1, 0.15) is 0 Å². The number of benzene rings is 2. The Morgan fingerprint density at radius 1 is 0.962 bits per heavy atom. The smallest absolute Gasteiger partial charge is 0.251 e. The van der Waals surface area contributed by atoms with Crippen LogP contribution in [0.15, 0.2) is 53.3 Å². The number of sulfonamides is 1. The molecule has 0 atom stereocenters. The minimum atomic E-state index is -3.44. The number of hydrogen-bond acceptors (Lipinski definition) is 3. The van der Waals surface area contributed by atoms with Crippen LogP contribution in [0.5, 0.6) is 0 Å². The number of aryl methyl sites for hydroxylation is 2. The SMILES string of the molecule is Cc1ccc(CS(=O)(=O)NCCc2cc3ccc(C)cc3[nH]c2=O)cc1. The second-order valence-electron chi connectivity index (χ2n) is 6.60. The monoisotopic (exact) mass is 370 g/mol. The van der Waals surface area contributed by atoms with Gasteiger partial charge < -0.3 is 4.98 Å². The molecule has 3 rings (SSSR count). The van der Waals surface area contributed by atoms with Crippen molar-refractivity contribution in [2.75, 3.05) is 6.54 Å². The van der Waals surface area contributed by atoms with E-state index in [2.05, 4.69) is 9.71 Å². The molecule has 3 aromatic rings. The third-order valence-corrected chi connectivity index (χ3v) is 5.63. The molecule has 0 spiro atoms. The summed E-state index contributed by atoms with van der Waals surface area (Å²) in [7, 11) is -3.44. The van der Waals surface area contributed by atoms with E-state index >= 15 is 0 Å². The zero-order valence-corrected chi connectivity index (χ0v) is 15.7. The third kappa shape index (κ3) is 4.59. The van der Waals surface area contributed by atoms with Gasteiger partial charge in [-0.1, -0.05) is 42.0 Å². The van der Waals surface area contributed by atoms with Gasteiger partial charge in [-0.05, 0) is 48.9 Å². The van der Waals surface area contributed by atoms with Crippen molar-refractivity contribution in [1.82, 2.24) is 9.71 Å². The van der Waals surface area contributed by atoms with Gasteiger partial charge in [0.2, 0.25) is 10.0 Å². The van der Waals surface area contributed by atoms with Gasteiger partial charge >= 0.3 is 0 Å². The van der Waals surface area contributed by atoms with Crippen LogP contribution in [0.25, 0.3) is 10.9 Å². The topological polar surface area (TPSA) is 79.0 Å². The number of rotatable bonds is 6. The summed E-state index contributed by atoms with van der Waals surface area (Å²) in [6, 6.07) is 15.1. The average molecular weight is 370 g/mol. The molecule has 0 saturated carbocycles. The molecule has 0 bridgehead atoms. The van der Waals surface area contributed by atoms with Crippen LogP contribution in [-0.4, -0.2) is 19.9 Å². The molecule has 0 amide bonds. The Bertz CT molecular complexity index is 1080. The van der Waals surface area contributed by atoms with Crippen molar-refractivity contribution < 1.29 is 8.42 Å². The first-order chi connectivity index (χ1) is 12.3. The molecule has 2 N–H and O–H groups in total. The van der Waals surface area contributed by atoms with Crippen LogP contribution < -0.4 is 10.3 Å². The Kier molecular flexibility index (Phi) is 5.25. The first-order valence-corrected chi connectivity index (χ1v) is 10.1. The van der Waals surface area contributed by atoms with E-state index in [1.54, 1.807) is 0 Å². The van der Waals surface area contributed by atoms with Crippen molar-refractivity contribution in [3.8, 4) is 0 Å². The molecule has 5 nitrogen and oxygen atoms in total. The number of hydrogen-bond donors (Lipinski definition) is 2. The number of pyridine rings is 1. The van der Waals surface area contributed by atoms with Crippen molar-refractivity contribution >= 4 is 20.9 Å². The summed E-state index contributed by atoms with van der Waals surface area (Å²) in [5.74, 6) is -0.0688. The van der Waals surface area contributed by atoms with Crippen LogP contribution in [0, 0.1) is 13.8 Å². The van der Waals surface area contributed by atoms with Crippen LogP contribution in [0.1, 0.15) is 22.3 Å². The molecule has 136 valence electrons. The van der Waals surface area contributed by atoms with Crippen LogP contribution in [0.2, 0.25) is 0 Å². The molecular weight excluding hydrogens is 348 g/mol. The highest BCUT2D eigenvalue weighted by atomic mass is 32.2. The summed E-state index contributed by atoms with van der Waals surface area (Å²) in [6.07, 6.45) is 0.340. The molecule has 26 heavy (non-hydrogen) atoms. The molecule has 1 aromatic heterocycles. The summed E-state index contributed by atoms with van der Waals surface area (Å²) in [5, 5.41) is 0.938. The van der Waals surface area contributed by atoms with E-state index in [0.717, 1.165) is 27.6 Å². The lowest BCUT2D eigenvalue weighted by Crippen LogP contribution is -2.28. The van der Waals surface area contributed by atoms with Gasteiger partial charge in [-0.2, -0.15) is 0 Å². The highest BCUT2D eigenvalue weighted by Gasteiger charge is 2.12. The summed E-state index contributed by atoms with van der Waals surface area (Å²) in [5.41, 5.74) is 4.08. The molecular formula is C20H22N2O3S. The lowest BCUT2D eigenvalue weighted by molar-refractivity contribution is 0.580. The molecule has 0 saturated heterocycles. The van der Waals surface area contributed by atoms with E-state index in [4.69, 9.17) is 0 Å². The van der Waals surface area contributed by atoms with E-state index < -0.39 is 10.0 Å². The van der Waals surface area contributed by atoms with E-state index in [9.17, 15) is 13.2 Å². The lowest BCUT2D eigenvalue weighted by atomic mass is 10.1. The van der Waals surface area contributed by atoms with Gasteiger partial charge in [0, 0.05) is 17.6 Å².